The van der Waals surface area contributed by atoms with E-state index in [0.29, 0.717) is 19.4 Å². The molecule has 1 atom stereocenters. The Balaban J connectivity index is 1.95. The molecular formula is C14H21N3O6S2. The van der Waals surface area contributed by atoms with Gasteiger partial charge in [0.25, 0.3) is 10.0 Å². The molecule has 0 saturated carbocycles. The van der Waals surface area contributed by atoms with Crippen LogP contribution in [0.25, 0.3) is 0 Å². The van der Waals surface area contributed by atoms with Crippen LogP contribution in [0.4, 0.5) is 0 Å². The Morgan fingerprint density at radius 1 is 1.36 bits per heavy atom. The molecule has 1 aliphatic rings. The summed E-state index contributed by atoms with van der Waals surface area (Å²) in [5.74, 6) is -1.71. The molecule has 0 aliphatic carbocycles. The Hall–Kier alpha value is -1.53. The zero-order valence-corrected chi connectivity index (χ0v) is 15.1. The molecule has 2 amide bonds. The first-order valence-electron chi connectivity index (χ1n) is 7.80. The zero-order chi connectivity index (χ0) is 18.3. The van der Waals surface area contributed by atoms with Crippen molar-refractivity contribution in [3.05, 3.63) is 17.5 Å². The van der Waals surface area contributed by atoms with Crippen LogP contribution in [-0.4, -0.2) is 68.7 Å². The average Bonchev–Trinajstić information content (AvgIpc) is 3.15. The quantitative estimate of drug-likeness (QED) is 0.409. The van der Waals surface area contributed by atoms with E-state index in [2.05, 4.69) is 10.6 Å². The molecule has 3 N–H and O–H groups in total. The second-order valence-electron chi connectivity index (χ2n) is 5.27. The summed E-state index contributed by atoms with van der Waals surface area (Å²) in [5.41, 5.74) is 0. The Morgan fingerprint density at radius 3 is 2.80 bits per heavy atom. The van der Waals surface area contributed by atoms with Crippen molar-refractivity contribution in [2.75, 3.05) is 32.8 Å². The van der Waals surface area contributed by atoms with Gasteiger partial charge in [0.15, 0.2) is 0 Å². The van der Waals surface area contributed by atoms with E-state index < -0.39 is 28.1 Å². The third-order valence-electron chi connectivity index (χ3n) is 3.48. The highest BCUT2D eigenvalue weighted by atomic mass is 32.2. The maximum atomic E-state index is 12.7. The molecule has 1 aliphatic heterocycles. The molecule has 1 saturated heterocycles. The monoisotopic (exact) mass is 391 g/mol. The van der Waals surface area contributed by atoms with Crippen molar-refractivity contribution in [1.82, 2.24) is 14.9 Å². The molecule has 2 heterocycles. The van der Waals surface area contributed by atoms with Crippen LogP contribution in [0.1, 0.15) is 12.8 Å². The van der Waals surface area contributed by atoms with Crippen LogP contribution in [0.2, 0.25) is 0 Å². The SMILES string of the molecule is O=C(NCCCO)C(=O)NC[C@H]1OCCCN1S(=O)(=O)c1cccs1. The van der Waals surface area contributed by atoms with Crippen molar-refractivity contribution in [1.29, 1.82) is 0 Å². The fraction of sp³-hybridized carbons (Fsp3) is 0.571. The van der Waals surface area contributed by atoms with Gasteiger partial charge in [-0.3, -0.25) is 9.59 Å². The van der Waals surface area contributed by atoms with E-state index in [1.165, 1.54) is 10.4 Å². The maximum absolute atomic E-state index is 12.7. The number of ether oxygens (including phenoxy) is 1. The van der Waals surface area contributed by atoms with Gasteiger partial charge in [0.05, 0.1) is 13.2 Å². The van der Waals surface area contributed by atoms with Gasteiger partial charge in [-0.15, -0.1) is 11.3 Å². The predicted molar refractivity (Wildman–Crippen MR) is 90.3 cm³/mol. The molecule has 0 spiro atoms. The molecule has 9 nitrogen and oxygen atoms in total. The average molecular weight is 391 g/mol. The summed E-state index contributed by atoms with van der Waals surface area (Å²) in [7, 11) is -3.71. The summed E-state index contributed by atoms with van der Waals surface area (Å²) in [6.45, 7) is 0.620. The summed E-state index contributed by atoms with van der Waals surface area (Å²) < 4.78 is 32.2. The lowest BCUT2D eigenvalue weighted by Crippen LogP contribution is -2.53. The van der Waals surface area contributed by atoms with Crippen molar-refractivity contribution in [3.8, 4) is 0 Å². The molecule has 2 rings (SSSR count). The van der Waals surface area contributed by atoms with Crippen LogP contribution >= 0.6 is 11.3 Å². The molecule has 1 aromatic heterocycles. The van der Waals surface area contributed by atoms with Crippen LogP contribution in [0.3, 0.4) is 0 Å². The number of nitrogens with one attached hydrogen (secondary N) is 2. The summed E-state index contributed by atoms with van der Waals surface area (Å²) in [4.78, 5) is 23.3. The van der Waals surface area contributed by atoms with Crippen molar-refractivity contribution in [2.45, 2.75) is 23.3 Å². The highest BCUT2D eigenvalue weighted by Gasteiger charge is 2.35. The Bertz CT molecular complexity index is 677. The van der Waals surface area contributed by atoms with Gasteiger partial charge < -0.3 is 20.5 Å². The van der Waals surface area contributed by atoms with Crippen LogP contribution in [0.15, 0.2) is 21.7 Å². The van der Waals surface area contributed by atoms with E-state index in [1.807, 2.05) is 0 Å². The van der Waals surface area contributed by atoms with Gasteiger partial charge in [-0.1, -0.05) is 6.07 Å². The van der Waals surface area contributed by atoms with Gasteiger partial charge in [-0.05, 0) is 24.3 Å². The lowest BCUT2D eigenvalue weighted by Gasteiger charge is -2.34. The van der Waals surface area contributed by atoms with Crippen LogP contribution < -0.4 is 10.6 Å². The fourth-order valence-corrected chi connectivity index (χ4v) is 4.93. The zero-order valence-electron chi connectivity index (χ0n) is 13.5. The molecular weight excluding hydrogens is 370 g/mol. The Morgan fingerprint density at radius 2 is 2.12 bits per heavy atom. The number of nitrogens with zero attached hydrogens (tertiary/aromatic N) is 1. The predicted octanol–water partition coefficient (Wildman–Crippen LogP) is -0.900. The summed E-state index contributed by atoms with van der Waals surface area (Å²) in [5, 5.41) is 15.1. The largest absolute Gasteiger partial charge is 0.396 e. The normalized spacial score (nSPS) is 18.7. The third-order valence-corrected chi connectivity index (χ3v) is 6.74. The molecule has 0 radical (unpaired) electrons. The number of sulfonamides is 1. The number of amides is 2. The van der Waals surface area contributed by atoms with Crippen molar-refractivity contribution in [2.24, 2.45) is 0 Å². The molecule has 0 unspecified atom stereocenters. The first-order valence-corrected chi connectivity index (χ1v) is 10.1. The number of carbonyl (C=O) groups excluding carboxylic acids is 2. The van der Waals surface area contributed by atoms with E-state index >= 15 is 0 Å². The first kappa shape index (κ1) is 19.8. The second-order valence-corrected chi connectivity index (χ2v) is 8.34. The lowest BCUT2D eigenvalue weighted by atomic mass is 10.3. The molecule has 1 aromatic rings. The highest BCUT2D eigenvalue weighted by Crippen LogP contribution is 2.25. The fourth-order valence-electron chi connectivity index (χ4n) is 2.25. The van der Waals surface area contributed by atoms with E-state index in [4.69, 9.17) is 9.84 Å². The minimum atomic E-state index is -3.71. The van der Waals surface area contributed by atoms with E-state index in [-0.39, 0.29) is 30.5 Å². The van der Waals surface area contributed by atoms with E-state index in [0.717, 1.165) is 11.3 Å². The minimum Gasteiger partial charge on any atom is -0.396 e. The number of aliphatic hydroxyl groups is 1. The third kappa shape index (κ3) is 5.22. The van der Waals surface area contributed by atoms with Gasteiger partial charge in [0, 0.05) is 19.7 Å². The van der Waals surface area contributed by atoms with Gasteiger partial charge in [-0.25, -0.2) is 8.42 Å². The molecule has 0 aromatic carbocycles. The van der Waals surface area contributed by atoms with Gasteiger partial charge in [0.1, 0.15) is 10.4 Å². The van der Waals surface area contributed by atoms with E-state index in [9.17, 15) is 18.0 Å². The number of rotatable bonds is 7. The number of thiophene rings is 1. The Labute approximate surface area is 150 Å². The minimum absolute atomic E-state index is 0.0899. The van der Waals surface area contributed by atoms with Crippen LogP contribution in [0.5, 0.6) is 0 Å². The molecule has 0 bridgehead atoms. The van der Waals surface area contributed by atoms with Crippen LogP contribution in [-0.2, 0) is 24.3 Å². The molecule has 25 heavy (non-hydrogen) atoms. The standard InChI is InChI=1S/C14H21N3O6S2/c18-7-2-5-15-13(19)14(20)16-10-11-17(6-3-8-23-11)25(21,22)12-4-1-9-24-12/h1,4,9,11,18H,2-3,5-8,10H2,(H,15,19)(H,16,20)/t11-/m1/s1. The Kier molecular flexibility index (Phi) is 7.32. The number of carbonyl (C=O) groups is 2. The summed E-state index contributed by atoms with van der Waals surface area (Å²) in [6, 6.07) is 3.16. The maximum Gasteiger partial charge on any atom is 0.309 e. The topological polar surface area (TPSA) is 125 Å². The summed E-state index contributed by atoms with van der Waals surface area (Å²) >= 11 is 1.11. The number of aliphatic hydroxyl groups excluding tert-OH is 1. The second kappa shape index (κ2) is 9.25. The van der Waals surface area contributed by atoms with Crippen molar-refractivity contribution in [3.63, 3.8) is 0 Å². The van der Waals surface area contributed by atoms with Crippen LogP contribution in [0, 0.1) is 0 Å². The first-order chi connectivity index (χ1) is 12.0. The van der Waals surface area contributed by atoms with Crippen molar-refractivity contribution >= 4 is 33.2 Å². The smallest absolute Gasteiger partial charge is 0.309 e. The summed E-state index contributed by atoms with van der Waals surface area (Å²) in [6.07, 6.45) is 0.0314. The van der Waals surface area contributed by atoms with Gasteiger partial charge in [-0.2, -0.15) is 4.31 Å². The lowest BCUT2D eigenvalue weighted by molar-refractivity contribution is -0.140. The molecule has 1 fully saturated rings. The highest BCUT2D eigenvalue weighted by molar-refractivity contribution is 7.91. The van der Waals surface area contributed by atoms with E-state index in [1.54, 1.807) is 11.4 Å². The van der Waals surface area contributed by atoms with Gasteiger partial charge in [0.2, 0.25) is 0 Å². The molecule has 11 heteroatoms. The number of hydrogen-bond donors (Lipinski definition) is 3. The number of hydrogen-bond acceptors (Lipinski definition) is 7. The molecule has 140 valence electrons. The van der Waals surface area contributed by atoms with Crippen molar-refractivity contribution < 1.29 is 27.9 Å². The van der Waals surface area contributed by atoms with Gasteiger partial charge >= 0.3 is 11.8 Å².